The highest BCUT2D eigenvalue weighted by atomic mass is 32.2. The molecule has 0 atom stereocenters. The van der Waals surface area contributed by atoms with Crippen LogP contribution in [0.4, 0.5) is 0 Å². The van der Waals surface area contributed by atoms with Gasteiger partial charge in [-0.3, -0.25) is 4.79 Å². The number of aromatic hydroxyl groups is 1. The molecule has 0 unspecified atom stereocenters. The van der Waals surface area contributed by atoms with E-state index < -0.39 is 0 Å². The topological polar surface area (TPSA) is 102 Å². The van der Waals surface area contributed by atoms with Gasteiger partial charge in [-0.25, -0.2) is 5.43 Å². The van der Waals surface area contributed by atoms with Gasteiger partial charge in [0.05, 0.1) is 18.6 Å². The minimum absolute atomic E-state index is 0.0592. The van der Waals surface area contributed by atoms with Crippen LogP contribution >= 0.6 is 11.8 Å². The molecule has 1 aromatic heterocycles. The first-order valence-electron chi connectivity index (χ1n) is 11.2. The Kier molecular flexibility index (Phi) is 8.33. The predicted molar refractivity (Wildman–Crippen MR) is 136 cm³/mol. The van der Waals surface area contributed by atoms with Crippen LogP contribution in [0.25, 0.3) is 11.4 Å². The lowest BCUT2D eigenvalue weighted by Crippen LogP contribution is -2.20. The SMILES string of the molecule is CCOc1cc(C=NNC(=O)CSc2nnc(-c3ccc(C(C)(C)C)cc3)n2CC)ccc1O. The van der Waals surface area contributed by atoms with Gasteiger partial charge in [-0.15, -0.1) is 10.2 Å². The first-order chi connectivity index (χ1) is 16.2. The number of hydrazone groups is 1. The molecule has 1 amide bonds. The molecule has 0 bridgehead atoms. The van der Waals surface area contributed by atoms with Crippen LogP contribution in [0, 0.1) is 0 Å². The lowest BCUT2D eigenvalue weighted by atomic mass is 9.87. The molecule has 34 heavy (non-hydrogen) atoms. The van der Waals surface area contributed by atoms with Crippen molar-refractivity contribution < 1.29 is 14.6 Å². The number of amides is 1. The van der Waals surface area contributed by atoms with Crippen LogP contribution < -0.4 is 10.2 Å². The highest BCUT2D eigenvalue weighted by Crippen LogP contribution is 2.28. The fourth-order valence-electron chi connectivity index (χ4n) is 3.24. The maximum absolute atomic E-state index is 12.3. The number of ether oxygens (including phenoxy) is 1. The van der Waals surface area contributed by atoms with Crippen LogP contribution in [0.5, 0.6) is 11.5 Å². The zero-order valence-electron chi connectivity index (χ0n) is 20.2. The van der Waals surface area contributed by atoms with E-state index in [1.165, 1.54) is 29.6 Å². The van der Waals surface area contributed by atoms with Crippen LogP contribution in [0.15, 0.2) is 52.7 Å². The third-order valence-electron chi connectivity index (χ3n) is 5.06. The van der Waals surface area contributed by atoms with Crippen molar-refractivity contribution in [2.24, 2.45) is 5.10 Å². The second-order valence-corrected chi connectivity index (χ2v) is 9.56. The number of nitrogens with zero attached hydrogens (tertiary/aromatic N) is 4. The minimum Gasteiger partial charge on any atom is -0.504 e. The maximum atomic E-state index is 12.3. The van der Waals surface area contributed by atoms with Crippen LogP contribution in [0.2, 0.25) is 0 Å². The summed E-state index contributed by atoms with van der Waals surface area (Å²) in [6.45, 7) is 11.5. The zero-order valence-corrected chi connectivity index (χ0v) is 21.0. The molecule has 0 spiro atoms. The highest BCUT2D eigenvalue weighted by molar-refractivity contribution is 7.99. The van der Waals surface area contributed by atoms with Crippen molar-refractivity contribution in [2.75, 3.05) is 12.4 Å². The second-order valence-electron chi connectivity index (χ2n) is 8.62. The molecule has 0 radical (unpaired) electrons. The van der Waals surface area contributed by atoms with Crippen molar-refractivity contribution in [1.82, 2.24) is 20.2 Å². The molecular weight excluding hydrogens is 450 g/mol. The quantitative estimate of drug-likeness (QED) is 0.263. The van der Waals surface area contributed by atoms with Crippen molar-refractivity contribution in [3.8, 4) is 22.9 Å². The van der Waals surface area contributed by atoms with E-state index in [9.17, 15) is 9.90 Å². The van der Waals surface area contributed by atoms with Crippen LogP contribution in [0.1, 0.15) is 45.7 Å². The summed E-state index contributed by atoms with van der Waals surface area (Å²) in [4.78, 5) is 12.3. The van der Waals surface area contributed by atoms with E-state index in [1.54, 1.807) is 12.1 Å². The summed E-state index contributed by atoms with van der Waals surface area (Å²) in [5, 5.41) is 23.1. The Morgan fingerprint density at radius 2 is 1.91 bits per heavy atom. The molecule has 0 aliphatic rings. The molecule has 1 heterocycles. The van der Waals surface area contributed by atoms with Gasteiger partial charge in [0.1, 0.15) is 0 Å². The molecule has 0 fully saturated rings. The maximum Gasteiger partial charge on any atom is 0.250 e. The van der Waals surface area contributed by atoms with Gasteiger partial charge >= 0.3 is 0 Å². The Bertz CT molecular complexity index is 1150. The van der Waals surface area contributed by atoms with Gasteiger partial charge in [0.25, 0.3) is 5.91 Å². The summed E-state index contributed by atoms with van der Waals surface area (Å²) in [6, 6.07) is 13.2. The number of hydrogen-bond donors (Lipinski definition) is 2. The molecule has 2 N–H and O–H groups in total. The molecule has 0 saturated heterocycles. The third-order valence-corrected chi connectivity index (χ3v) is 6.03. The largest absolute Gasteiger partial charge is 0.504 e. The molecule has 180 valence electrons. The Labute approximate surface area is 204 Å². The van der Waals surface area contributed by atoms with Gasteiger partial charge in [-0.05, 0) is 48.6 Å². The monoisotopic (exact) mass is 481 g/mol. The van der Waals surface area contributed by atoms with E-state index in [2.05, 4.69) is 65.8 Å². The lowest BCUT2D eigenvalue weighted by molar-refractivity contribution is -0.118. The molecule has 0 aliphatic carbocycles. The minimum atomic E-state index is -0.258. The number of thioether (sulfide) groups is 1. The van der Waals surface area contributed by atoms with Crippen LogP contribution in [-0.2, 0) is 16.8 Å². The summed E-state index contributed by atoms with van der Waals surface area (Å²) in [6.07, 6.45) is 1.50. The normalized spacial score (nSPS) is 11.7. The fraction of sp³-hybridized carbons (Fsp3) is 0.360. The van der Waals surface area contributed by atoms with Gasteiger partial charge in [-0.1, -0.05) is 56.8 Å². The van der Waals surface area contributed by atoms with Crippen molar-refractivity contribution in [2.45, 2.75) is 51.7 Å². The Morgan fingerprint density at radius 1 is 1.18 bits per heavy atom. The summed E-state index contributed by atoms with van der Waals surface area (Å²) < 4.78 is 7.35. The van der Waals surface area contributed by atoms with Crippen molar-refractivity contribution >= 4 is 23.9 Å². The highest BCUT2D eigenvalue weighted by Gasteiger charge is 2.17. The summed E-state index contributed by atoms with van der Waals surface area (Å²) in [7, 11) is 0. The number of benzene rings is 2. The molecular formula is C25H31N5O3S. The predicted octanol–water partition coefficient (Wildman–Crippen LogP) is 4.61. The van der Waals surface area contributed by atoms with E-state index >= 15 is 0 Å². The van der Waals surface area contributed by atoms with E-state index in [4.69, 9.17) is 4.74 Å². The molecule has 9 heteroatoms. The summed E-state index contributed by atoms with van der Waals surface area (Å²) >= 11 is 1.31. The number of phenols is 1. The molecule has 0 aliphatic heterocycles. The van der Waals surface area contributed by atoms with Crippen LogP contribution in [-0.4, -0.2) is 44.4 Å². The average Bonchev–Trinajstić information content (AvgIpc) is 3.22. The zero-order chi connectivity index (χ0) is 24.7. The Hall–Kier alpha value is -3.33. The number of nitrogens with one attached hydrogen (secondary N) is 1. The smallest absolute Gasteiger partial charge is 0.250 e. The first kappa shape index (κ1) is 25.3. The summed E-state index contributed by atoms with van der Waals surface area (Å²) in [5.74, 6) is 1.10. The molecule has 3 aromatic rings. The van der Waals surface area contributed by atoms with E-state index in [1.807, 2.05) is 18.4 Å². The number of carbonyl (C=O) groups excluding carboxylic acids is 1. The van der Waals surface area contributed by atoms with E-state index in [0.717, 1.165) is 11.4 Å². The van der Waals surface area contributed by atoms with Crippen molar-refractivity contribution in [1.29, 1.82) is 0 Å². The molecule has 0 saturated carbocycles. The van der Waals surface area contributed by atoms with Gasteiger partial charge in [-0.2, -0.15) is 5.10 Å². The number of phenolic OH excluding ortho intramolecular Hbond substituents is 1. The van der Waals surface area contributed by atoms with Crippen molar-refractivity contribution in [3.05, 3.63) is 53.6 Å². The van der Waals surface area contributed by atoms with Crippen molar-refractivity contribution in [3.63, 3.8) is 0 Å². The third kappa shape index (κ3) is 6.38. The number of carbonyl (C=O) groups is 1. The van der Waals surface area contributed by atoms with Gasteiger partial charge < -0.3 is 14.4 Å². The van der Waals surface area contributed by atoms with E-state index in [0.29, 0.717) is 29.6 Å². The number of hydrogen-bond acceptors (Lipinski definition) is 7. The van der Waals surface area contributed by atoms with Crippen LogP contribution in [0.3, 0.4) is 0 Å². The number of rotatable bonds is 9. The Balaban J connectivity index is 1.60. The van der Waals surface area contributed by atoms with Gasteiger partial charge in [0.15, 0.2) is 22.5 Å². The molecule has 8 nitrogen and oxygen atoms in total. The summed E-state index contributed by atoms with van der Waals surface area (Å²) in [5.41, 5.74) is 5.54. The molecule has 2 aromatic carbocycles. The average molecular weight is 482 g/mol. The van der Waals surface area contributed by atoms with Gasteiger partial charge in [0.2, 0.25) is 0 Å². The standard InChI is InChI=1S/C25H31N5O3S/c1-6-30-23(18-9-11-19(12-10-18)25(3,4)5)28-29-24(30)34-16-22(32)27-26-15-17-8-13-20(31)21(14-17)33-7-2/h8-15,31H,6-7,16H2,1-5H3,(H,27,32). The van der Waals surface area contributed by atoms with E-state index in [-0.39, 0.29) is 22.8 Å². The Morgan fingerprint density at radius 3 is 2.56 bits per heavy atom. The van der Waals surface area contributed by atoms with Gasteiger partial charge in [0, 0.05) is 12.1 Å². The number of aromatic nitrogens is 3. The first-order valence-corrected chi connectivity index (χ1v) is 12.2. The molecule has 3 rings (SSSR count). The lowest BCUT2D eigenvalue weighted by Gasteiger charge is -2.19. The fourth-order valence-corrected chi connectivity index (χ4v) is 4.03. The second kappa shape index (κ2) is 11.2.